The van der Waals surface area contributed by atoms with Gasteiger partial charge in [0, 0.05) is 36.2 Å². The van der Waals surface area contributed by atoms with Crippen LogP contribution in [0, 0.1) is 5.92 Å². The number of likely N-dealkylation sites (tertiary alicyclic amines) is 1. The number of benzene rings is 1. The molecule has 1 atom stereocenters. The summed E-state index contributed by atoms with van der Waals surface area (Å²) in [5, 5.41) is 4.38. The second-order valence-corrected chi connectivity index (χ2v) is 8.41. The van der Waals surface area contributed by atoms with Crippen LogP contribution in [0.15, 0.2) is 30.5 Å². The molecule has 1 saturated heterocycles. The van der Waals surface area contributed by atoms with Crippen molar-refractivity contribution in [2.45, 2.75) is 63.8 Å². The van der Waals surface area contributed by atoms with E-state index in [4.69, 9.17) is 0 Å². The van der Waals surface area contributed by atoms with Gasteiger partial charge in [-0.2, -0.15) is 0 Å². The van der Waals surface area contributed by atoms with E-state index in [9.17, 15) is 9.59 Å². The number of piperidine rings is 1. The summed E-state index contributed by atoms with van der Waals surface area (Å²) < 4.78 is 0. The molecular weight excluding hydrogens is 350 g/mol. The van der Waals surface area contributed by atoms with Crippen molar-refractivity contribution in [3.8, 4) is 0 Å². The summed E-state index contributed by atoms with van der Waals surface area (Å²) in [7, 11) is 0. The summed E-state index contributed by atoms with van der Waals surface area (Å²) in [5.41, 5.74) is 2.09. The van der Waals surface area contributed by atoms with Crippen LogP contribution in [0.1, 0.15) is 56.9 Å². The van der Waals surface area contributed by atoms with Gasteiger partial charge in [0.25, 0.3) is 0 Å². The number of amides is 2. The van der Waals surface area contributed by atoms with Gasteiger partial charge in [0.15, 0.2) is 0 Å². The maximum absolute atomic E-state index is 12.9. The summed E-state index contributed by atoms with van der Waals surface area (Å²) in [6, 6.07) is 8.39. The lowest BCUT2D eigenvalue weighted by Crippen LogP contribution is -2.47. The van der Waals surface area contributed by atoms with E-state index in [-0.39, 0.29) is 17.7 Å². The predicted octanol–water partition coefficient (Wildman–Crippen LogP) is 3.79. The lowest BCUT2D eigenvalue weighted by Gasteiger charge is -2.33. The Morgan fingerprint density at radius 1 is 1.04 bits per heavy atom. The van der Waals surface area contributed by atoms with Gasteiger partial charge in [-0.05, 0) is 37.3 Å². The van der Waals surface area contributed by atoms with Crippen LogP contribution in [0.4, 0.5) is 0 Å². The molecule has 150 valence electrons. The third-order valence-corrected chi connectivity index (χ3v) is 6.36. The Hall–Kier alpha value is -2.30. The Morgan fingerprint density at radius 2 is 1.82 bits per heavy atom. The zero-order valence-electron chi connectivity index (χ0n) is 16.6. The molecule has 1 aliphatic heterocycles. The number of rotatable bonds is 4. The standard InChI is InChI=1S/C23H31N3O2/c27-22(14-18-15-24-21-12-6-5-11-20(18)21)26-13-7-8-17(16-26)23(28)25-19-9-3-1-2-4-10-19/h5-6,11-12,15,17,19,24H,1-4,7-10,13-14,16H2,(H,25,28)/t17-/m0/s1. The van der Waals surface area contributed by atoms with Crippen molar-refractivity contribution in [1.82, 2.24) is 15.2 Å². The summed E-state index contributed by atoms with van der Waals surface area (Å²) in [4.78, 5) is 30.8. The molecular formula is C23H31N3O2. The number of aromatic amines is 1. The van der Waals surface area contributed by atoms with Crippen molar-refractivity contribution < 1.29 is 9.59 Å². The molecule has 0 unspecified atom stereocenters. The minimum absolute atomic E-state index is 0.0658. The van der Waals surface area contributed by atoms with Crippen molar-refractivity contribution in [1.29, 1.82) is 0 Å². The monoisotopic (exact) mass is 381 g/mol. The number of aromatic nitrogens is 1. The summed E-state index contributed by atoms with van der Waals surface area (Å²) in [6.07, 6.45) is 11.3. The van der Waals surface area contributed by atoms with Gasteiger partial charge in [0.1, 0.15) is 0 Å². The lowest BCUT2D eigenvalue weighted by molar-refractivity contribution is -0.135. The molecule has 2 amide bonds. The van der Waals surface area contributed by atoms with E-state index in [1.807, 2.05) is 35.4 Å². The van der Waals surface area contributed by atoms with Crippen LogP contribution < -0.4 is 5.32 Å². The van der Waals surface area contributed by atoms with Crippen molar-refractivity contribution in [2.75, 3.05) is 13.1 Å². The topological polar surface area (TPSA) is 65.2 Å². The molecule has 5 nitrogen and oxygen atoms in total. The summed E-state index contributed by atoms with van der Waals surface area (Å²) in [5.74, 6) is 0.206. The number of carbonyl (C=O) groups excluding carboxylic acids is 2. The summed E-state index contributed by atoms with van der Waals surface area (Å²) in [6.45, 7) is 1.31. The molecule has 2 fully saturated rings. The zero-order chi connectivity index (χ0) is 19.3. The molecule has 2 aliphatic rings. The second kappa shape index (κ2) is 8.80. The van der Waals surface area contributed by atoms with Gasteiger partial charge in [0.2, 0.25) is 11.8 Å². The molecule has 0 spiro atoms. The van der Waals surface area contributed by atoms with Gasteiger partial charge in [-0.1, -0.05) is 43.9 Å². The van der Waals surface area contributed by atoms with E-state index in [1.54, 1.807) is 0 Å². The fourth-order valence-electron chi connectivity index (χ4n) is 4.71. The van der Waals surface area contributed by atoms with Gasteiger partial charge < -0.3 is 15.2 Å². The van der Waals surface area contributed by atoms with Crippen molar-refractivity contribution in [2.24, 2.45) is 5.92 Å². The number of nitrogens with zero attached hydrogens (tertiary/aromatic N) is 1. The molecule has 4 rings (SSSR count). The molecule has 2 aromatic rings. The Kier molecular flexibility index (Phi) is 5.98. The predicted molar refractivity (Wildman–Crippen MR) is 111 cm³/mol. The van der Waals surface area contributed by atoms with Crippen LogP contribution in [0.5, 0.6) is 0 Å². The first-order valence-electron chi connectivity index (χ1n) is 10.8. The molecule has 1 aromatic carbocycles. The highest BCUT2D eigenvalue weighted by atomic mass is 16.2. The SMILES string of the molecule is O=C(NC1CCCCCC1)[C@H]1CCCN(C(=O)Cc2c[nH]c3ccccc23)C1. The smallest absolute Gasteiger partial charge is 0.227 e. The highest BCUT2D eigenvalue weighted by Crippen LogP contribution is 2.23. The maximum atomic E-state index is 12.9. The average Bonchev–Trinajstić information content (AvgIpc) is 2.94. The highest BCUT2D eigenvalue weighted by molar-refractivity contribution is 5.89. The molecule has 2 heterocycles. The van der Waals surface area contributed by atoms with Crippen LogP contribution in [-0.2, 0) is 16.0 Å². The molecule has 0 bridgehead atoms. The molecule has 1 saturated carbocycles. The van der Waals surface area contributed by atoms with Gasteiger partial charge in [-0.25, -0.2) is 0 Å². The van der Waals surface area contributed by atoms with E-state index in [0.29, 0.717) is 19.0 Å². The maximum Gasteiger partial charge on any atom is 0.227 e. The molecule has 1 aromatic heterocycles. The van der Waals surface area contributed by atoms with Gasteiger partial charge in [-0.15, -0.1) is 0 Å². The lowest BCUT2D eigenvalue weighted by atomic mass is 9.95. The first kappa shape index (κ1) is 19.0. The molecule has 1 aliphatic carbocycles. The Labute approximate surface area is 166 Å². The average molecular weight is 382 g/mol. The van der Waals surface area contributed by atoms with Crippen molar-refractivity contribution in [3.05, 3.63) is 36.0 Å². The van der Waals surface area contributed by atoms with Crippen LogP contribution in [0.3, 0.4) is 0 Å². The van der Waals surface area contributed by atoms with E-state index >= 15 is 0 Å². The minimum Gasteiger partial charge on any atom is -0.361 e. The van der Waals surface area contributed by atoms with Crippen LogP contribution in [-0.4, -0.2) is 40.8 Å². The van der Waals surface area contributed by atoms with E-state index in [0.717, 1.165) is 48.7 Å². The van der Waals surface area contributed by atoms with Crippen molar-refractivity contribution in [3.63, 3.8) is 0 Å². The Morgan fingerprint density at radius 3 is 2.64 bits per heavy atom. The first-order chi connectivity index (χ1) is 13.7. The number of hydrogen-bond donors (Lipinski definition) is 2. The van der Waals surface area contributed by atoms with E-state index < -0.39 is 0 Å². The number of para-hydroxylation sites is 1. The fraction of sp³-hybridized carbons (Fsp3) is 0.565. The Balaban J connectivity index is 1.35. The fourth-order valence-corrected chi connectivity index (χ4v) is 4.71. The third-order valence-electron chi connectivity index (χ3n) is 6.36. The molecule has 2 N–H and O–H groups in total. The first-order valence-corrected chi connectivity index (χ1v) is 10.8. The highest BCUT2D eigenvalue weighted by Gasteiger charge is 2.29. The number of hydrogen-bond acceptors (Lipinski definition) is 2. The van der Waals surface area contributed by atoms with Gasteiger partial charge >= 0.3 is 0 Å². The van der Waals surface area contributed by atoms with Gasteiger partial charge in [0.05, 0.1) is 12.3 Å². The molecule has 28 heavy (non-hydrogen) atoms. The summed E-state index contributed by atoms with van der Waals surface area (Å²) >= 11 is 0. The van der Waals surface area contributed by atoms with Crippen molar-refractivity contribution >= 4 is 22.7 Å². The molecule has 5 heteroatoms. The van der Waals surface area contributed by atoms with Gasteiger partial charge in [-0.3, -0.25) is 9.59 Å². The largest absolute Gasteiger partial charge is 0.361 e. The zero-order valence-corrected chi connectivity index (χ0v) is 16.6. The second-order valence-electron chi connectivity index (χ2n) is 8.41. The number of carbonyl (C=O) groups is 2. The number of nitrogens with one attached hydrogen (secondary N) is 2. The Bertz CT molecular complexity index is 820. The van der Waals surface area contributed by atoms with Crippen LogP contribution in [0.25, 0.3) is 10.9 Å². The quantitative estimate of drug-likeness (QED) is 0.792. The van der Waals surface area contributed by atoms with E-state index in [2.05, 4.69) is 10.3 Å². The molecule has 0 radical (unpaired) electrons. The van der Waals surface area contributed by atoms with Crippen LogP contribution in [0.2, 0.25) is 0 Å². The third kappa shape index (κ3) is 4.40. The normalized spacial score (nSPS) is 21.4. The van der Waals surface area contributed by atoms with E-state index in [1.165, 1.54) is 25.7 Å². The number of H-pyrrole nitrogens is 1. The van der Waals surface area contributed by atoms with Crippen LogP contribution >= 0.6 is 0 Å². The minimum atomic E-state index is -0.0658. The number of fused-ring (bicyclic) bond motifs is 1.